The summed E-state index contributed by atoms with van der Waals surface area (Å²) in [6.07, 6.45) is 0. The van der Waals surface area contributed by atoms with E-state index >= 15 is 0 Å². The Labute approximate surface area is 280 Å². The van der Waals surface area contributed by atoms with Gasteiger partial charge in [0.2, 0.25) is 11.8 Å². The third-order valence-corrected chi connectivity index (χ3v) is 9.77. The van der Waals surface area contributed by atoms with E-state index in [9.17, 15) is 19.2 Å². The molecule has 0 atom stereocenters. The predicted molar refractivity (Wildman–Crippen MR) is 181 cm³/mol. The van der Waals surface area contributed by atoms with Crippen LogP contribution in [0, 0.1) is 0 Å². The average Bonchev–Trinajstić information content (AvgIpc) is 3.52. The molecule has 0 aliphatic carbocycles. The number of hydrogen-bond acceptors (Lipinski definition) is 9. The third-order valence-electron chi connectivity index (χ3n) is 6.11. The van der Waals surface area contributed by atoms with Crippen molar-refractivity contribution >= 4 is 92.8 Å². The molecule has 226 valence electrons. The number of nitrogens with zero attached hydrogens (tertiary/aromatic N) is 2. The Morgan fingerprint density at radius 1 is 0.600 bits per heavy atom. The largest absolute Gasteiger partial charge is 0.325 e. The second kappa shape index (κ2) is 15.3. The summed E-state index contributed by atoms with van der Waals surface area (Å²) in [5, 5.41) is 14.5. The van der Waals surface area contributed by atoms with Crippen molar-refractivity contribution < 1.29 is 19.2 Å². The normalized spacial score (nSPS) is 10.7. The van der Waals surface area contributed by atoms with E-state index in [0.29, 0.717) is 41.2 Å². The highest BCUT2D eigenvalue weighted by molar-refractivity contribution is 8.03. The minimum absolute atomic E-state index is 0.0240. The molecule has 0 spiro atoms. The summed E-state index contributed by atoms with van der Waals surface area (Å²) in [7, 11) is 0. The first-order valence-corrected chi connectivity index (χ1v) is 16.8. The van der Waals surface area contributed by atoms with E-state index in [1.54, 1.807) is 72.8 Å². The van der Waals surface area contributed by atoms with Gasteiger partial charge in [0.1, 0.15) is 0 Å². The lowest BCUT2D eigenvalue weighted by atomic mass is 10.0. The highest BCUT2D eigenvalue weighted by atomic mass is 35.5. The molecular weight excluding hydrogens is 671 g/mol. The number of anilines is 2. The predicted octanol–water partition coefficient (Wildman–Crippen LogP) is 7.77. The highest BCUT2D eigenvalue weighted by Crippen LogP contribution is 2.30. The first-order chi connectivity index (χ1) is 21.8. The minimum atomic E-state index is -0.336. The van der Waals surface area contributed by atoms with Gasteiger partial charge in [-0.2, -0.15) is 0 Å². The van der Waals surface area contributed by atoms with Crippen LogP contribution in [0.2, 0.25) is 10.0 Å². The molecule has 0 radical (unpaired) electrons. The summed E-state index contributed by atoms with van der Waals surface area (Å²) in [5.74, 6) is -1.14. The molecule has 0 bridgehead atoms. The number of rotatable bonds is 12. The van der Waals surface area contributed by atoms with Gasteiger partial charge in [-0.1, -0.05) is 119 Å². The van der Waals surface area contributed by atoms with E-state index in [-0.39, 0.29) is 46.0 Å². The van der Waals surface area contributed by atoms with Crippen LogP contribution in [0.4, 0.5) is 11.4 Å². The molecule has 1 aromatic heterocycles. The molecule has 2 amide bonds. The molecule has 45 heavy (non-hydrogen) atoms. The number of amides is 2. The molecule has 4 aromatic carbocycles. The van der Waals surface area contributed by atoms with Crippen LogP contribution < -0.4 is 10.6 Å². The fraction of sp³-hybridized carbons (Fsp3) is 0.0625. The van der Waals surface area contributed by atoms with Crippen molar-refractivity contribution in [2.45, 2.75) is 8.68 Å². The zero-order valence-corrected chi connectivity index (χ0v) is 27.1. The van der Waals surface area contributed by atoms with Crippen molar-refractivity contribution in [1.29, 1.82) is 0 Å². The summed E-state index contributed by atoms with van der Waals surface area (Å²) < 4.78 is 1.08. The zero-order chi connectivity index (χ0) is 31.8. The van der Waals surface area contributed by atoms with Crippen LogP contribution in [0.1, 0.15) is 31.8 Å². The summed E-state index contributed by atoms with van der Waals surface area (Å²) in [4.78, 5) is 51.6. The van der Waals surface area contributed by atoms with Gasteiger partial charge in [0.05, 0.1) is 22.9 Å². The molecule has 13 heteroatoms. The number of thioether (sulfide) groups is 2. The second-order valence-electron chi connectivity index (χ2n) is 9.28. The molecule has 0 fully saturated rings. The van der Waals surface area contributed by atoms with Gasteiger partial charge < -0.3 is 10.6 Å². The first kappa shape index (κ1) is 32.4. The van der Waals surface area contributed by atoms with Crippen molar-refractivity contribution in [3.8, 4) is 0 Å². The van der Waals surface area contributed by atoms with Crippen LogP contribution >= 0.6 is 58.1 Å². The number of aromatic nitrogens is 2. The Balaban J connectivity index is 1.14. The van der Waals surface area contributed by atoms with Crippen LogP contribution in [0.25, 0.3) is 0 Å². The Hall–Kier alpha value is -4.00. The molecule has 0 unspecified atom stereocenters. The fourth-order valence-corrected chi connectivity index (χ4v) is 7.02. The van der Waals surface area contributed by atoms with E-state index in [1.165, 1.54) is 47.0 Å². The molecule has 0 saturated heterocycles. The van der Waals surface area contributed by atoms with Gasteiger partial charge in [0, 0.05) is 32.3 Å². The maximum absolute atomic E-state index is 13.0. The molecule has 5 rings (SSSR count). The van der Waals surface area contributed by atoms with E-state index < -0.39 is 0 Å². The number of nitrogens with one attached hydrogen (secondary N) is 2. The smallest absolute Gasteiger partial charge is 0.234 e. The van der Waals surface area contributed by atoms with Gasteiger partial charge >= 0.3 is 0 Å². The third kappa shape index (κ3) is 8.80. The minimum Gasteiger partial charge on any atom is -0.325 e. The van der Waals surface area contributed by atoms with Crippen LogP contribution in [0.15, 0.2) is 106 Å². The topological polar surface area (TPSA) is 118 Å². The van der Waals surface area contributed by atoms with Crippen LogP contribution in [0.5, 0.6) is 0 Å². The number of ketones is 2. The molecule has 5 aromatic rings. The van der Waals surface area contributed by atoms with E-state index in [4.69, 9.17) is 23.2 Å². The standard InChI is InChI=1S/C32H22Cl2N4O4S3/c33-21-11-13-25(23(15-21)29(41)19-7-3-1-4-8-19)35-27(39)17-43-31-37-38-32(45-31)44-18-28(40)36-26-14-12-22(34)16-24(26)30(42)20-9-5-2-6-10-20/h1-16H,17-18H2,(H,35,39)(H,36,40). The van der Waals surface area contributed by atoms with Gasteiger partial charge in [-0.15, -0.1) is 10.2 Å². The van der Waals surface area contributed by atoms with Crippen molar-refractivity contribution in [1.82, 2.24) is 10.2 Å². The van der Waals surface area contributed by atoms with Gasteiger partial charge in [-0.25, -0.2) is 0 Å². The van der Waals surface area contributed by atoms with Crippen molar-refractivity contribution in [2.24, 2.45) is 0 Å². The molecule has 0 aliphatic heterocycles. The molecule has 2 N–H and O–H groups in total. The maximum Gasteiger partial charge on any atom is 0.234 e. The van der Waals surface area contributed by atoms with Crippen LogP contribution in [-0.2, 0) is 9.59 Å². The van der Waals surface area contributed by atoms with E-state index in [0.717, 1.165) is 0 Å². The van der Waals surface area contributed by atoms with E-state index in [2.05, 4.69) is 20.8 Å². The number of benzene rings is 4. The van der Waals surface area contributed by atoms with Crippen LogP contribution in [0.3, 0.4) is 0 Å². The molecule has 0 aliphatic rings. The van der Waals surface area contributed by atoms with Crippen molar-refractivity contribution in [3.05, 3.63) is 129 Å². The summed E-state index contributed by atoms with van der Waals surface area (Å²) in [5.41, 5.74) is 2.24. The van der Waals surface area contributed by atoms with Gasteiger partial charge in [-0.05, 0) is 36.4 Å². The molecule has 8 nitrogen and oxygen atoms in total. The first-order valence-electron chi connectivity index (χ1n) is 13.2. The summed E-state index contributed by atoms with van der Waals surface area (Å²) >= 11 is 15.9. The Kier molecular flexibility index (Phi) is 11.0. The van der Waals surface area contributed by atoms with E-state index in [1.807, 2.05) is 12.1 Å². The second-order valence-corrected chi connectivity index (χ2v) is 13.6. The van der Waals surface area contributed by atoms with Crippen molar-refractivity contribution in [3.63, 3.8) is 0 Å². The van der Waals surface area contributed by atoms with Crippen LogP contribution in [-0.4, -0.2) is 45.1 Å². The lowest BCUT2D eigenvalue weighted by molar-refractivity contribution is -0.114. The SMILES string of the molecule is O=C(CSc1nnc(SCC(=O)Nc2ccc(Cl)cc2C(=O)c2ccccc2)s1)Nc1ccc(Cl)cc1C(=O)c1ccccc1. The van der Waals surface area contributed by atoms with Gasteiger partial charge in [0.15, 0.2) is 20.2 Å². The number of halogens is 2. The molecular formula is C32H22Cl2N4O4S3. The van der Waals surface area contributed by atoms with Gasteiger partial charge in [-0.3, -0.25) is 19.2 Å². The lowest BCUT2D eigenvalue weighted by Gasteiger charge is -2.11. The number of carbonyl (C=O) groups excluding carboxylic acids is 4. The number of carbonyl (C=O) groups is 4. The Morgan fingerprint density at radius 2 is 1.00 bits per heavy atom. The van der Waals surface area contributed by atoms with Gasteiger partial charge in [0.25, 0.3) is 0 Å². The summed E-state index contributed by atoms with van der Waals surface area (Å²) in [6.45, 7) is 0. The number of hydrogen-bond donors (Lipinski definition) is 2. The molecule has 0 saturated carbocycles. The average molecular weight is 694 g/mol. The lowest BCUT2D eigenvalue weighted by Crippen LogP contribution is -2.17. The Bertz CT molecular complexity index is 1740. The summed E-state index contributed by atoms with van der Waals surface area (Å²) in [6, 6.07) is 26.9. The maximum atomic E-state index is 13.0. The quantitative estimate of drug-likeness (QED) is 0.101. The highest BCUT2D eigenvalue weighted by Gasteiger charge is 2.19. The Morgan fingerprint density at radius 3 is 1.40 bits per heavy atom. The fourth-order valence-electron chi connectivity index (χ4n) is 4.06. The van der Waals surface area contributed by atoms with Crippen molar-refractivity contribution in [2.75, 3.05) is 22.1 Å². The zero-order valence-electron chi connectivity index (χ0n) is 23.2. The monoisotopic (exact) mass is 692 g/mol. The molecule has 1 heterocycles.